The molecule has 4 nitrogen and oxygen atoms in total. The van der Waals surface area contributed by atoms with Gasteiger partial charge in [-0.05, 0) is 55.5 Å². The van der Waals surface area contributed by atoms with Crippen LogP contribution in [0.2, 0.25) is 0 Å². The van der Waals surface area contributed by atoms with Crippen LogP contribution in [0.5, 0.6) is 0 Å². The fourth-order valence-electron chi connectivity index (χ4n) is 4.15. The van der Waals surface area contributed by atoms with E-state index in [9.17, 15) is 4.79 Å². The zero-order chi connectivity index (χ0) is 15.9. The van der Waals surface area contributed by atoms with Crippen molar-refractivity contribution in [3.05, 3.63) is 34.3 Å². The molecule has 1 aromatic carbocycles. The first kappa shape index (κ1) is 15.6. The van der Waals surface area contributed by atoms with Crippen molar-refractivity contribution in [2.45, 2.75) is 25.4 Å². The van der Waals surface area contributed by atoms with Gasteiger partial charge in [0.05, 0.1) is 13.2 Å². The maximum atomic E-state index is 12.9. The van der Waals surface area contributed by atoms with Crippen molar-refractivity contribution < 1.29 is 9.53 Å². The molecule has 4 rings (SSSR count). The van der Waals surface area contributed by atoms with Crippen LogP contribution in [0, 0.1) is 11.3 Å². The van der Waals surface area contributed by atoms with Gasteiger partial charge in [0.25, 0.3) is 0 Å². The van der Waals surface area contributed by atoms with Crippen LogP contribution >= 0.6 is 15.9 Å². The third kappa shape index (κ3) is 3.06. The average molecular weight is 379 g/mol. The van der Waals surface area contributed by atoms with Crippen LogP contribution in [0.25, 0.3) is 0 Å². The molecule has 23 heavy (non-hydrogen) atoms. The van der Waals surface area contributed by atoms with Crippen molar-refractivity contribution in [3.63, 3.8) is 0 Å². The van der Waals surface area contributed by atoms with Gasteiger partial charge in [0.1, 0.15) is 6.10 Å². The van der Waals surface area contributed by atoms with Gasteiger partial charge < -0.3 is 15.0 Å². The summed E-state index contributed by atoms with van der Waals surface area (Å²) in [4.78, 5) is 15.0. The van der Waals surface area contributed by atoms with Gasteiger partial charge in [0.2, 0.25) is 5.91 Å². The minimum atomic E-state index is -0.00655. The summed E-state index contributed by atoms with van der Waals surface area (Å²) < 4.78 is 6.97. The summed E-state index contributed by atoms with van der Waals surface area (Å²) in [5.41, 5.74) is 1.45. The Balaban J connectivity index is 1.42. The lowest BCUT2D eigenvalue weighted by molar-refractivity contribution is -0.141. The first-order chi connectivity index (χ1) is 11.2. The Morgan fingerprint density at radius 1 is 1.35 bits per heavy atom. The van der Waals surface area contributed by atoms with Crippen molar-refractivity contribution in [1.29, 1.82) is 0 Å². The lowest BCUT2D eigenvalue weighted by Gasteiger charge is -2.34. The Bertz CT molecular complexity index is 600. The molecule has 1 aromatic rings. The Kier molecular flexibility index (Phi) is 4.20. The molecule has 2 atom stereocenters. The van der Waals surface area contributed by atoms with Crippen LogP contribution in [0.4, 0.5) is 0 Å². The summed E-state index contributed by atoms with van der Waals surface area (Å²) in [7, 11) is 0. The van der Waals surface area contributed by atoms with Gasteiger partial charge in [-0.25, -0.2) is 0 Å². The number of halogens is 1. The average Bonchev–Trinajstić information content (AvgIpc) is 3.28. The van der Waals surface area contributed by atoms with Gasteiger partial charge in [-0.2, -0.15) is 0 Å². The fourth-order valence-corrected chi connectivity index (χ4v) is 4.57. The van der Waals surface area contributed by atoms with Crippen LogP contribution in [0.1, 0.15) is 30.9 Å². The van der Waals surface area contributed by atoms with E-state index in [1.807, 2.05) is 17.0 Å². The van der Waals surface area contributed by atoms with Crippen molar-refractivity contribution in [1.82, 2.24) is 10.2 Å². The van der Waals surface area contributed by atoms with Crippen LogP contribution in [0.3, 0.4) is 0 Å². The normalized spacial score (nSPS) is 29.5. The minimum Gasteiger partial charge on any atom is -0.370 e. The number of ether oxygens (including phenoxy) is 1. The van der Waals surface area contributed by atoms with Crippen LogP contribution in [-0.4, -0.2) is 43.6 Å². The lowest BCUT2D eigenvalue weighted by atomic mass is 9.91. The number of rotatable bonds is 2. The van der Waals surface area contributed by atoms with Gasteiger partial charge in [-0.3, -0.25) is 4.79 Å². The number of carbonyl (C=O) groups is 1. The predicted octanol–water partition coefficient (Wildman–Crippen LogP) is 2.74. The number of hydrogen-bond acceptors (Lipinski definition) is 3. The molecular weight excluding hydrogens is 356 g/mol. The fraction of sp³-hybridized carbons (Fsp3) is 0.611. The van der Waals surface area contributed by atoms with E-state index in [2.05, 4.69) is 33.4 Å². The topological polar surface area (TPSA) is 41.6 Å². The van der Waals surface area contributed by atoms with E-state index in [1.165, 1.54) is 0 Å². The summed E-state index contributed by atoms with van der Waals surface area (Å²) in [5, 5.41) is 3.40. The molecule has 2 unspecified atom stereocenters. The number of morpholine rings is 1. The van der Waals surface area contributed by atoms with Crippen molar-refractivity contribution in [3.8, 4) is 0 Å². The molecular formula is C18H23BrN2O2. The molecule has 2 saturated heterocycles. The quantitative estimate of drug-likeness (QED) is 0.859. The van der Waals surface area contributed by atoms with E-state index in [0.717, 1.165) is 48.9 Å². The molecule has 1 saturated carbocycles. The minimum absolute atomic E-state index is 0.00655. The van der Waals surface area contributed by atoms with Gasteiger partial charge >= 0.3 is 0 Å². The second-order valence-corrected chi connectivity index (χ2v) is 7.98. The molecule has 124 valence electrons. The first-order valence-corrected chi connectivity index (χ1v) is 9.34. The summed E-state index contributed by atoms with van der Waals surface area (Å²) in [6, 6.07) is 8.20. The Morgan fingerprint density at radius 2 is 2.17 bits per heavy atom. The van der Waals surface area contributed by atoms with E-state index in [0.29, 0.717) is 24.5 Å². The number of nitrogens with zero attached hydrogens (tertiary/aromatic N) is 1. The highest BCUT2D eigenvalue weighted by Gasteiger charge is 2.58. The molecule has 1 aliphatic carbocycles. The lowest BCUT2D eigenvalue weighted by Crippen LogP contribution is -2.44. The zero-order valence-corrected chi connectivity index (χ0v) is 14.8. The van der Waals surface area contributed by atoms with Gasteiger partial charge in [-0.15, -0.1) is 0 Å². The molecule has 1 N–H and O–H groups in total. The largest absolute Gasteiger partial charge is 0.370 e. The van der Waals surface area contributed by atoms with Gasteiger partial charge in [-0.1, -0.05) is 28.1 Å². The maximum absolute atomic E-state index is 12.9. The van der Waals surface area contributed by atoms with Crippen LogP contribution in [-0.2, 0) is 9.53 Å². The smallest absolute Gasteiger partial charge is 0.226 e. The monoisotopic (exact) mass is 378 g/mol. The van der Waals surface area contributed by atoms with Crippen LogP contribution in [0.15, 0.2) is 28.7 Å². The molecule has 0 bridgehead atoms. The van der Waals surface area contributed by atoms with Crippen LogP contribution < -0.4 is 5.32 Å². The van der Waals surface area contributed by atoms with E-state index < -0.39 is 0 Å². The number of carbonyl (C=O) groups excluding carboxylic acids is 1. The molecule has 5 heteroatoms. The third-order valence-corrected chi connectivity index (χ3v) is 6.18. The number of piperidine rings is 1. The van der Waals surface area contributed by atoms with E-state index in [-0.39, 0.29) is 12.0 Å². The molecule has 2 aliphatic heterocycles. The molecule has 1 amide bonds. The number of amides is 1. The molecule has 2 heterocycles. The molecule has 3 aliphatic rings. The highest BCUT2D eigenvalue weighted by molar-refractivity contribution is 9.10. The summed E-state index contributed by atoms with van der Waals surface area (Å²) >= 11 is 3.51. The van der Waals surface area contributed by atoms with Crippen molar-refractivity contribution in [2.24, 2.45) is 11.3 Å². The van der Waals surface area contributed by atoms with Crippen molar-refractivity contribution in [2.75, 3.05) is 32.8 Å². The third-order valence-electron chi connectivity index (χ3n) is 5.69. The van der Waals surface area contributed by atoms with E-state index in [4.69, 9.17) is 4.74 Å². The first-order valence-electron chi connectivity index (χ1n) is 8.55. The Morgan fingerprint density at radius 3 is 2.96 bits per heavy atom. The Hall–Kier alpha value is -0.910. The summed E-state index contributed by atoms with van der Waals surface area (Å²) in [6.45, 7) is 4.17. The Labute approximate surface area is 145 Å². The standard InChI is InChI=1S/C18H23BrN2O2/c19-14-3-1-2-13(10-14)16-12-21(8-9-23-16)17(22)15-11-18(15)4-6-20-7-5-18/h1-3,10,15-16,20H,4-9,11-12H2. The van der Waals surface area contributed by atoms with Crippen molar-refractivity contribution >= 4 is 21.8 Å². The van der Waals surface area contributed by atoms with Gasteiger partial charge in [0.15, 0.2) is 0 Å². The summed E-state index contributed by atoms with van der Waals surface area (Å²) in [5.74, 6) is 0.612. The number of nitrogens with one attached hydrogen (secondary N) is 1. The molecule has 0 aromatic heterocycles. The number of benzene rings is 1. The highest BCUT2D eigenvalue weighted by atomic mass is 79.9. The second kappa shape index (κ2) is 6.19. The second-order valence-electron chi connectivity index (χ2n) is 7.07. The number of hydrogen-bond donors (Lipinski definition) is 1. The predicted molar refractivity (Wildman–Crippen MR) is 92.1 cm³/mol. The zero-order valence-electron chi connectivity index (χ0n) is 13.3. The van der Waals surface area contributed by atoms with E-state index in [1.54, 1.807) is 0 Å². The summed E-state index contributed by atoms with van der Waals surface area (Å²) in [6.07, 6.45) is 3.39. The van der Waals surface area contributed by atoms with E-state index >= 15 is 0 Å². The SMILES string of the molecule is O=C(C1CC12CCNCC2)N1CCOC(c2cccc(Br)c2)C1. The highest BCUT2D eigenvalue weighted by Crippen LogP contribution is 2.59. The molecule has 0 radical (unpaired) electrons. The molecule has 3 fully saturated rings. The molecule has 1 spiro atoms. The maximum Gasteiger partial charge on any atom is 0.226 e. The van der Waals surface area contributed by atoms with Gasteiger partial charge in [0, 0.05) is 16.9 Å².